The van der Waals surface area contributed by atoms with E-state index in [2.05, 4.69) is 10.0 Å². The lowest BCUT2D eigenvalue weighted by Gasteiger charge is -2.04. The van der Waals surface area contributed by atoms with Crippen LogP contribution in [-0.4, -0.2) is 19.9 Å². The maximum atomic E-state index is 10.3. The normalized spacial score (nSPS) is 9.79. The molecule has 1 aromatic carbocycles. The molecule has 0 radical (unpaired) electrons. The van der Waals surface area contributed by atoms with Gasteiger partial charge in [-0.3, -0.25) is 9.52 Å². The second-order valence-electron chi connectivity index (χ2n) is 2.36. The average Bonchev–Trinajstić information content (AvgIpc) is 2.10. The number of nitrogens with one attached hydrogen (secondary N) is 2. The van der Waals surface area contributed by atoms with E-state index in [1.165, 1.54) is 18.2 Å². The predicted octanol–water partition coefficient (Wildman–Crippen LogP) is -0.101. The van der Waals surface area contributed by atoms with Crippen molar-refractivity contribution in [2.24, 2.45) is 0 Å². The lowest BCUT2D eigenvalue weighted by Crippen LogP contribution is -1.98. The minimum absolute atomic E-state index is 0.135. The molecule has 0 aromatic heterocycles. The Bertz CT molecular complexity index is 408. The van der Waals surface area contributed by atoms with Crippen LogP contribution < -0.4 is 10.0 Å². The molecular formula is C7H8N2O4S. The summed E-state index contributed by atoms with van der Waals surface area (Å²) in [5.74, 6) is -0.135. The molecule has 1 rings (SSSR count). The number of benzene rings is 1. The molecule has 0 heterocycles. The van der Waals surface area contributed by atoms with Crippen molar-refractivity contribution >= 4 is 28.7 Å². The first-order chi connectivity index (χ1) is 6.63. The van der Waals surface area contributed by atoms with E-state index in [0.29, 0.717) is 6.41 Å². The smallest absolute Gasteiger partial charge is 0.222 e. The Labute approximate surface area is 81.6 Å². The summed E-state index contributed by atoms with van der Waals surface area (Å²) in [7, 11) is -2.76. The highest BCUT2D eigenvalue weighted by Crippen LogP contribution is 2.25. The van der Waals surface area contributed by atoms with Crippen molar-refractivity contribution in [3.63, 3.8) is 0 Å². The molecule has 0 saturated heterocycles. The molecule has 0 atom stereocenters. The van der Waals surface area contributed by atoms with Gasteiger partial charge in [-0.15, -0.1) is 0 Å². The molecule has 0 aliphatic carbocycles. The van der Waals surface area contributed by atoms with Gasteiger partial charge >= 0.3 is 0 Å². The molecule has 0 fully saturated rings. The van der Waals surface area contributed by atoms with E-state index in [1.807, 2.05) is 0 Å². The van der Waals surface area contributed by atoms with Gasteiger partial charge in [-0.1, -0.05) is 0 Å². The second kappa shape index (κ2) is 4.47. The zero-order chi connectivity index (χ0) is 10.6. The number of carbonyl (C=O) groups is 1. The van der Waals surface area contributed by atoms with Crippen molar-refractivity contribution in [3.05, 3.63) is 18.2 Å². The van der Waals surface area contributed by atoms with Crippen LogP contribution in [0.25, 0.3) is 0 Å². The van der Waals surface area contributed by atoms with Gasteiger partial charge in [-0.05, 0) is 18.2 Å². The maximum absolute atomic E-state index is 10.3. The Hall–Kier alpha value is -1.76. The molecule has 1 aromatic rings. The van der Waals surface area contributed by atoms with E-state index in [4.69, 9.17) is 0 Å². The van der Waals surface area contributed by atoms with Crippen LogP contribution in [0.2, 0.25) is 0 Å². The molecule has 0 spiro atoms. The summed E-state index contributed by atoms with van der Waals surface area (Å²) >= 11 is 0. The summed E-state index contributed by atoms with van der Waals surface area (Å²) in [5.41, 5.74) is 0.408. The third-order valence-electron chi connectivity index (χ3n) is 1.43. The van der Waals surface area contributed by atoms with Crippen molar-refractivity contribution in [1.82, 2.24) is 0 Å². The van der Waals surface area contributed by atoms with Gasteiger partial charge in [0, 0.05) is 0 Å². The van der Waals surface area contributed by atoms with E-state index in [0.717, 1.165) is 0 Å². The number of carbonyl (C=O) groups excluding carboxylic acids is 1. The monoisotopic (exact) mass is 216 g/mol. The Kier molecular flexibility index (Phi) is 3.29. The highest BCUT2D eigenvalue weighted by molar-refractivity contribution is 7.73. The minimum atomic E-state index is -2.76. The summed E-state index contributed by atoms with van der Waals surface area (Å²) in [6.07, 6.45) is 0.385. The molecule has 1 amide bonds. The quantitative estimate of drug-likeness (QED) is 0.244. The molecule has 0 unspecified atom stereocenters. The first-order valence-electron chi connectivity index (χ1n) is 3.57. The summed E-state index contributed by atoms with van der Waals surface area (Å²) in [4.78, 5) is 10.1. The number of aromatic hydroxyl groups is 1. The molecule has 14 heavy (non-hydrogen) atoms. The van der Waals surface area contributed by atoms with E-state index < -0.39 is 10.9 Å². The molecule has 7 heteroatoms. The number of amides is 1. The molecule has 0 aliphatic rings. The molecular weight excluding hydrogens is 208 g/mol. The van der Waals surface area contributed by atoms with Crippen molar-refractivity contribution in [2.75, 3.05) is 10.0 Å². The molecule has 3 N–H and O–H groups in total. The first kappa shape index (κ1) is 10.3. The third-order valence-corrected chi connectivity index (χ3v) is 1.87. The molecule has 0 bridgehead atoms. The third kappa shape index (κ3) is 2.63. The number of phenolic OH excluding ortho intramolecular Hbond substituents is 1. The Balaban J connectivity index is 2.99. The summed E-state index contributed by atoms with van der Waals surface area (Å²) in [6, 6.07) is 3.94. The fraction of sp³-hybridized carbons (Fsp3) is 0. The minimum Gasteiger partial charge on any atom is -0.506 e. The van der Waals surface area contributed by atoms with Crippen LogP contribution in [0.5, 0.6) is 5.75 Å². The van der Waals surface area contributed by atoms with Gasteiger partial charge < -0.3 is 10.4 Å². The van der Waals surface area contributed by atoms with Crippen LogP contribution in [0, 0.1) is 0 Å². The summed E-state index contributed by atoms with van der Waals surface area (Å²) < 4.78 is 22.7. The predicted molar refractivity (Wildman–Crippen MR) is 51.7 cm³/mol. The Morgan fingerprint density at radius 2 is 2.07 bits per heavy atom. The van der Waals surface area contributed by atoms with Crippen LogP contribution in [0.15, 0.2) is 18.2 Å². The number of hydrogen-bond donors (Lipinski definition) is 4. The molecule has 0 saturated carbocycles. The Morgan fingerprint density at radius 3 is 2.64 bits per heavy atom. The van der Waals surface area contributed by atoms with Crippen LogP contribution in [0.1, 0.15) is 0 Å². The molecule has 76 valence electrons. The van der Waals surface area contributed by atoms with Gasteiger partial charge in [0.05, 0.1) is 11.4 Å². The zero-order valence-corrected chi connectivity index (χ0v) is 7.82. The summed E-state index contributed by atoms with van der Waals surface area (Å²) in [6.45, 7) is 0. The van der Waals surface area contributed by atoms with E-state index in [1.54, 1.807) is 0 Å². The standard InChI is InChI=1S/C7H8N2O4S/c10-4-8-6-3-5(9-14(12)13)1-2-7(6)11/h1-4,11,14H,(H,8,10)(H,9,12,13). The van der Waals surface area contributed by atoms with Crippen LogP contribution in [0.3, 0.4) is 0 Å². The molecule has 6 nitrogen and oxygen atoms in total. The number of phenols is 1. The highest BCUT2D eigenvalue weighted by atomic mass is 32.2. The number of hydrogen-bond acceptors (Lipinski definition) is 4. The average molecular weight is 216 g/mol. The Morgan fingerprint density at radius 1 is 1.36 bits per heavy atom. The lowest BCUT2D eigenvalue weighted by atomic mass is 10.2. The van der Waals surface area contributed by atoms with E-state index >= 15 is 0 Å². The topological polar surface area (TPSA) is 95.5 Å². The van der Waals surface area contributed by atoms with E-state index in [-0.39, 0.29) is 17.1 Å². The van der Waals surface area contributed by atoms with Crippen LogP contribution in [0.4, 0.5) is 11.4 Å². The van der Waals surface area contributed by atoms with Gasteiger partial charge in [0.15, 0.2) is 0 Å². The first-order valence-corrected chi connectivity index (χ1v) is 4.75. The molecule has 0 aliphatic heterocycles. The highest BCUT2D eigenvalue weighted by Gasteiger charge is 2.01. The van der Waals surface area contributed by atoms with Crippen molar-refractivity contribution in [3.8, 4) is 5.75 Å². The SMILES string of the molecule is O=CNc1cc(N[SH](=O)=O)ccc1O. The van der Waals surface area contributed by atoms with Gasteiger partial charge in [-0.2, -0.15) is 0 Å². The van der Waals surface area contributed by atoms with Gasteiger partial charge in [0.1, 0.15) is 5.75 Å². The largest absolute Gasteiger partial charge is 0.506 e. The van der Waals surface area contributed by atoms with Gasteiger partial charge in [-0.25, -0.2) is 8.42 Å². The van der Waals surface area contributed by atoms with Crippen LogP contribution in [-0.2, 0) is 15.7 Å². The van der Waals surface area contributed by atoms with Gasteiger partial charge in [0.25, 0.3) is 0 Å². The van der Waals surface area contributed by atoms with Crippen LogP contribution >= 0.6 is 0 Å². The fourth-order valence-corrected chi connectivity index (χ4v) is 1.24. The van der Waals surface area contributed by atoms with Crippen molar-refractivity contribution < 1.29 is 18.3 Å². The maximum Gasteiger partial charge on any atom is 0.222 e. The fourth-order valence-electron chi connectivity index (χ4n) is 0.890. The number of rotatable bonds is 4. The summed E-state index contributed by atoms with van der Waals surface area (Å²) in [5, 5.41) is 11.4. The van der Waals surface area contributed by atoms with Crippen molar-refractivity contribution in [2.45, 2.75) is 0 Å². The lowest BCUT2D eigenvalue weighted by molar-refractivity contribution is -0.105. The zero-order valence-electron chi connectivity index (χ0n) is 6.93. The van der Waals surface area contributed by atoms with Gasteiger partial charge in [0.2, 0.25) is 17.3 Å². The number of thiol groups is 1. The number of anilines is 2. The van der Waals surface area contributed by atoms with Crippen molar-refractivity contribution in [1.29, 1.82) is 0 Å². The second-order valence-corrected chi connectivity index (χ2v) is 3.10. The van der Waals surface area contributed by atoms with E-state index in [9.17, 15) is 18.3 Å².